The van der Waals surface area contributed by atoms with E-state index >= 15 is 0 Å². The molecule has 0 atom stereocenters. The van der Waals surface area contributed by atoms with Gasteiger partial charge in [-0.1, -0.05) is 35.0 Å². The highest BCUT2D eigenvalue weighted by atomic mass is 32.3. The highest BCUT2D eigenvalue weighted by Gasteiger charge is 2.15. The molecule has 0 saturated carbocycles. The zero-order valence-corrected chi connectivity index (χ0v) is 15.2. The van der Waals surface area contributed by atoms with Crippen molar-refractivity contribution in [3.8, 4) is 5.69 Å². The first-order valence-electron chi connectivity index (χ1n) is 7.66. The first-order chi connectivity index (χ1) is 12.8. The normalized spacial score (nSPS) is 11.4. The van der Waals surface area contributed by atoms with E-state index in [9.17, 15) is 17.8 Å². The molecule has 0 bridgehead atoms. The van der Waals surface area contributed by atoms with E-state index in [0.29, 0.717) is 11.3 Å². The molecular formula is C17H15N3O6S. The van der Waals surface area contributed by atoms with Gasteiger partial charge in [0.05, 0.1) is 14.2 Å². The lowest BCUT2D eigenvalue weighted by molar-refractivity contribution is -0.672. The molecule has 0 spiro atoms. The third-order valence-electron chi connectivity index (χ3n) is 3.72. The summed E-state index contributed by atoms with van der Waals surface area (Å²) in [4.78, 5) is 12.1. The predicted molar refractivity (Wildman–Crippen MR) is 95.0 cm³/mol. The molecule has 0 radical (unpaired) electrons. The van der Waals surface area contributed by atoms with Crippen molar-refractivity contribution in [3.05, 3.63) is 65.5 Å². The Hall–Kier alpha value is -3.08. The van der Waals surface area contributed by atoms with E-state index < -0.39 is 16.0 Å². The number of aromatic nitrogens is 3. The molecule has 0 aliphatic heterocycles. The Kier molecular flexibility index (Phi) is 5.04. The molecule has 0 fully saturated rings. The molecule has 2 aromatic heterocycles. The summed E-state index contributed by atoms with van der Waals surface area (Å²) in [6.45, 7) is 0. The van der Waals surface area contributed by atoms with E-state index in [1.807, 2.05) is 49.5 Å². The minimum atomic E-state index is -4.41. The fourth-order valence-corrected chi connectivity index (χ4v) is 2.51. The van der Waals surface area contributed by atoms with E-state index in [1.54, 1.807) is 17.2 Å². The molecule has 10 heteroatoms. The van der Waals surface area contributed by atoms with Gasteiger partial charge in [-0.25, -0.2) is 17.8 Å². The van der Waals surface area contributed by atoms with Crippen molar-refractivity contribution in [1.82, 2.24) is 9.78 Å². The van der Waals surface area contributed by atoms with Crippen molar-refractivity contribution >= 4 is 32.1 Å². The minimum absolute atomic E-state index is 0.401. The van der Waals surface area contributed by atoms with Gasteiger partial charge in [0.2, 0.25) is 22.4 Å². The first kappa shape index (κ1) is 18.7. The number of nitrogens with zero attached hydrogens (tertiary/aromatic N) is 3. The van der Waals surface area contributed by atoms with Crippen LogP contribution in [0.2, 0.25) is 0 Å². The van der Waals surface area contributed by atoms with E-state index in [4.69, 9.17) is 4.42 Å². The second-order valence-corrected chi connectivity index (χ2v) is 6.70. The fraction of sp³-hybridized carbons (Fsp3) is 0.118. The molecule has 0 aliphatic carbocycles. The van der Waals surface area contributed by atoms with Crippen molar-refractivity contribution in [2.75, 3.05) is 7.11 Å². The summed E-state index contributed by atoms with van der Waals surface area (Å²) in [7, 11) is -1.76. The van der Waals surface area contributed by atoms with Crippen LogP contribution in [0.3, 0.4) is 0 Å². The highest BCUT2D eigenvalue weighted by molar-refractivity contribution is 7.80. The average Bonchev–Trinajstić information content (AvgIpc) is 3.07. The summed E-state index contributed by atoms with van der Waals surface area (Å²) >= 11 is 0. The number of hydrogen-bond donors (Lipinski definition) is 0. The molecule has 27 heavy (non-hydrogen) atoms. The Morgan fingerprint density at radius 3 is 2.52 bits per heavy atom. The van der Waals surface area contributed by atoms with Gasteiger partial charge in [0.1, 0.15) is 5.58 Å². The lowest BCUT2D eigenvalue weighted by atomic mass is 10.1. The SMILES string of the molecule is COS(=O)(=O)[O-].C[n+]1cnn(-c2cc3c(ccc4ccccc43)oc2=O)c1. The van der Waals surface area contributed by atoms with Crippen LogP contribution in [-0.4, -0.2) is 29.9 Å². The van der Waals surface area contributed by atoms with E-state index in [-0.39, 0.29) is 0 Å². The van der Waals surface area contributed by atoms with Gasteiger partial charge in [-0.3, -0.25) is 4.18 Å². The number of rotatable bonds is 2. The summed E-state index contributed by atoms with van der Waals surface area (Å²) in [5.41, 5.74) is 0.583. The van der Waals surface area contributed by atoms with Gasteiger partial charge in [0, 0.05) is 10.5 Å². The number of benzene rings is 2. The standard InChI is InChI=1S/C16H12N3O2.CH4O4S/c1-18-9-17-19(10-18)14-8-13-12-5-3-2-4-11(12)6-7-15(13)21-16(14)20;1-5-6(2,3)4/h2-10H,1H3;1H3,(H,2,3,4)/q+1;/p-1. The maximum Gasteiger partial charge on any atom is 0.379 e. The third-order valence-corrected chi connectivity index (χ3v) is 4.13. The van der Waals surface area contributed by atoms with Crippen LogP contribution < -0.4 is 10.2 Å². The Morgan fingerprint density at radius 2 is 1.89 bits per heavy atom. The van der Waals surface area contributed by atoms with Gasteiger partial charge < -0.3 is 8.97 Å². The highest BCUT2D eigenvalue weighted by Crippen LogP contribution is 2.25. The second-order valence-electron chi connectivity index (χ2n) is 5.55. The lowest BCUT2D eigenvalue weighted by Gasteiger charge is -2.03. The summed E-state index contributed by atoms with van der Waals surface area (Å²) in [5, 5.41) is 7.22. The van der Waals surface area contributed by atoms with Crippen molar-refractivity contribution in [3.63, 3.8) is 0 Å². The van der Waals surface area contributed by atoms with Crippen molar-refractivity contribution in [2.24, 2.45) is 7.05 Å². The van der Waals surface area contributed by atoms with Crippen LogP contribution in [-0.2, 0) is 21.6 Å². The van der Waals surface area contributed by atoms with Gasteiger partial charge in [0.25, 0.3) is 6.33 Å². The van der Waals surface area contributed by atoms with E-state index in [1.165, 1.54) is 4.68 Å². The molecule has 0 aliphatic rings. The molecule has 0 unspecified atom stereocenters. The van der Waals surface area contributed by atoms with Crippen LogP contribution in [0.25, 0.3) is 27.4 Å². The summed E-state index contributed by atoms with van der Waals surface area (Å²) in [5.74, 6) is 0. The number of fused-ring (bicyclic) bond motifs is 3. The first-order valence-corrected chi connectivity index (χ1v) is 8.99. The van der Waals surface area contributed by atoms with Crippen LogP contribution >= 0.6 is 0 Å². The number of hydrogen-bond acceptors (Lipinski definition) is 7. The van der Waals surface area contributed by atoms with Gasteiger partial charge >= 0.3 is 5.63 Å². The van der Waals surface area contributed by atoms with E-state index in [0.717, 1.165) is 23.3 Å². The van der Waals surface area contributed by atoms with Crippen molar-refractivity contribution in [2.45, 2.75) is 0 Å². The Labute approximate surface area is 154 Å². The van der Waals surface area contributed by atoms with Crippen molar-refractivity contribution in [1.29, 1.82) is 0 Å². The van der Waals surface area contributed by atoms with Gasteiger partial charge in [-0.2, -0.15) is 0 Å². The molecule has 9 nitrogen and oxygen atoms in total. The van der Waals surface area contributed by atoms with Gasteiger partial charge in [-0.15, -0.1) is 0 Å². The van der Waals surface area contributed by atoms with Crippen LogP contribution in [0, 0.1) is 0 Å². The zero-order valence-electron chi connectivity index (χ0n) is 14.4. The molecule has 0 N–H and O–H groups in total. The van der Waals surface area contributed by atoms with Crippen LogP contribution in [0.1, 0.15) is 0 Å². The van der Waals surface area contributed by atoms with Gasteiger partial charge in [0.15, 0.2) is 0 Å². The molecule has 0 amide bonds. The fourth-order valence-electron chi connectivity index (χ4n) is 2.51. The molecule has 2 heterocycles. The minimum Gasteiger partial charge on any atom is -0.726 e. The quantitative estimate of drug-likeness (QED) is 0.165. The predicted octanol–water partition coefficient (Wildman–Crippen LogP) is 1.05. The second kappa shape index (κ2) is 7.27. The lowest BCUT2D eigenvalue weighted by Crippen LogP contribution is -2.24. The maximum atomic E-state index is 12.1. The van der Waals surface area contributed by atoms with Gasteiger partial charge in [-0.05, 0) is 22.9 Å². The largest absolute Gasteiger partial charge is 0.726 e. The van der Waals surface area contributed by atoms with Crippen LogP contribution in [0.5, 0.6) is 0 Å². The monoisotopic (exact) mass is 389 g/mol. The molecular weight excluding hydrogens is 374 g/mol. The molecule has 140 valence electrons. The summed E-state index contributed by atoms with van der Waals surface area (Å²) < 4.78 is 39.8. The summed E-state index contributed by atoms with van der Waals surface area (Å²) in [6.07, 6.45) is 3.36. The van der Waals surface area contributed by atoms with Crippen molar-refractivity contribution < 1.29 is 26.1 Å². The molecule has 4 rings (SSSR count). The Bertz CT molecular complexity index is 1280. The molecule has 0 saturated heterocycles. The summed E-state index contributed by atoms with van der Waals surface area (Å²) in [6, 6.07) is 13.6. The van der Waals surface area contributed by atoms with E-state index in [2.05, 4.69) is 9.28 Å². The topological polar surface area (TPSA) is 118 Å². The average molecular weight is 389 g/mol. The Morgan fingerprint density at radius 1 is 1.19 bits per heavy atom. The Balaban J connectivity index is 0.000000307. The number of aryl methyl sites for hydroxylation is 1. The maximum absolute atomic E-state index is 12.1. The third kappa shape index (κ3) is 4.19. The molecule has 4 aromatic rings. The van der Waals surface area contributed by atoms with Crippen LogP contribution in [0.15, 0.2) is 64.3 Å². The smallest absolute Gasteiger partial charge is 0.379 e. The van der Waals surface area contributed by atoms with Crippen LogP contribution in [0.4, 0.5) is 0 Å². The zero-order chi connectivity index (χ0) is 19.6. The molecule has 2 aromatic carbocycles.